The van der Waals surface area contributed by atoms with Gasteiger partial charge in [-0.25, -0.2) is 26.7 Å². The third-order valence-corrected chi connectivity index (χ3v) is 5.97. The first-order chi connectivity index (χ1) is 23.2. The van der Waals surface area contributed by atoms with E-state index >= 15 is 0 Å². The van der Waals surface area contributed by atoms with Gasteiger partial charge in [0, 0.05) is 24.3 Å². The largest absolute Gasteiger partial charge is 0.573 e. The summed E-state index contributed by atoms with van der Waals surface area (Å²) in [4.78, 5) is 12.4. The number of rotatable bonds is 7. The van der Waals surface area contributed by atoms with Gasteiger partial charge in [0.2, 0.25) is 11.5 Å². The summed E-state index contributed by atoms with van der Waals surface area (Å²) in [6, 6.07) is 10.9. The maximum atomic E-state index is 14.7. The fourth-order valence-electron chi connectivity index (χ4n) is 3.81. The molecule has 0 atom stereocenters. The molecule has 0 spiro atoms. The van der Waals surface area contributed by atoms with Gasteiger partial charge in [0.1, 0.15) is 22.9 Å². The highest BCUT2D eigenvalue weighted by molar-refractivity contribution is 6.40. The van der Waals surface area contributed by atoms with Gasteiger partial charge < -0.3 is 19.3 Å². The fourth-order valence-corrected chi connectivity index (χ4v) is 4.10. The van der Waals surface area contributed by atoms with Crippen LogP contribution >= 0.6 is 34.8 Å². The van der Waals surface area contributed by atoms with Gasteiger partial charge in [0.05, 0.1) is 10.4 Å². The zero-order valence-corrected chi connectivity index (χ0v) is 27.0. The Bertz CT molecular complexity index is 1700. The van der Waals surface area contributed by atoms with Crippen molar-refractivity contribution in [2.24, 2.45) is 0 Å². The zero-order valence-electron chi connectivity index (χ0n) is 24.8. The number of phenols is 1. The van der Waals surface area contributed by atoms with Crippen molar-refractivity contribution in [3.8, 4) is 34.1 Å². The SMILES string of the molecule is CCCc1ccc(-c2cc(F)c(C(=O)Oc3cc(F)c(OC(F)(F)F)c(F)c3)c(Cl)c2)cc1.ClCCl.Oc1cc(F)c(OC(F)(F)F)c(F)c1. The van der Waals surface area contributed by atoms with Gasteiger partial charge in [-0.15, -0.1) is 49.5 Å². The molecule has 1 N–H and O–H groups in total. The molecule has 0 radical (unpaired) electrons. The average Bonchev–Trinajstić information content (AvgIpc) is 2.97. The highest BCUT2D eigenvalue weighted by Crippen LogP contribution is 2.34. The van der Waals surface area contributed by atoms with E-state index in [0.717, 1.165) is 24.5 Å². The molecule has 0 heterocycles. The van der Waals surface area contributed by atoms with E-state index in [2.05, 4.69) is 9.47 Å². The van der Waals surface area contributed by atoms with Gasteiger partial charge in [-0.1, -0.05) is 49.2 Å². The summed E-state index contributed by atoms with van der Waals surface area (Å²) in [5.41, 5.74) is 1.40. The normalized spacial score (nSPS) is 11.1. The molecule has 0 unspecified atom stereocenters. The first-order valence-corrected chi connectivity index (χ1v) is 14.7. The number of benzene rings is 4. The van der Waals surface area contributed by atoms with Gasteiger partial charge in [-0.3, -0.25) is 0 Å². The number of aromatic hydroxyl groups is 1. The monoisotopic (exact) mass is 786 g/mol. The van der Waals surface area contributed by atoms with E-state index in [-0.39, 0.29) is 10.4 Å². The minimum atomic E-state index is -5.34. The minimum Gasteiger partial charge on any atom is -0.508 e. The van der Waals surface area contributed by atoms with Crippen LogP contribution in [-0.2, 0) is 6.42 Å². The second-order valence-corrected chi connectivity index (χ2v) is 10.5. The highest BCUT2D eigenvalue weighted by Gasteiger charge is 2.35. The molecule has 19 heteroatoms. The lowest BCUT2D eigenvalue weighted by molar-refractivity contribution is -0.277. The van der Waals surface area contributed by atoms with Crippen LogP contribution in [0.4, 0.5) is 48.3 Å². The Morgan fingerprint density at radius 2 is 1.14 bits per heavy atom. The molecule has 4 aromatic rings. The Labute approximate surface area is 290 Å². The van der Waals surface area contributed by atoms with Gasteiger partial charge >= 0.3 is 18.7 Å². The molecule has 0 bridgehead atoms. The number of ether oxygens (including phenoxy) is 3. The molecular formula is C31H20Cl3F11O5. The molecule has 0 aromatic heterocycles. The van der Waals surface area contributed by atoms with Crippen molar-refractivity contribution < 1.29 is 72.4 Å². The van der Waals surface area contributed by atoms with Crippen LogP contribution in [0.25, 0.3) is 11.1 Å². The van der Waals surface area contributed by atoms with Crippen molar-refractivity contribution in [2.45, 2.75) is 32.5 Å². The van der Waals surface area contributed by atoms with E-state index in [4.69, 9.17) is 44.6 Å². The van der Waals surface area contributed by atoms with Gasteiger partial charge in [0.25, 0.3) is 0 Å². The Morgan fingerprint density at radius 3 is 1.54 bits per heavy atom. The van der Waals surface area contributed by atoms with Crippen LogP contribution in [0, 0.1) is 29.1 Å². The van der Waals surface area contributed by atoms with Crippen LogP contribution in [0.2, 0.25) is 5.02 Å². The van der Waals surface area contributed by atoms with Crippen molar-refractivity contribution in [2.75, 3.05) is 5.34 Å². The minimum absolute atomic E-state index is 0.194. The Morgan fingerprint density at radius 1 is 0.700 bits per heavy atom. The third-order valence-electron chi connectivity index (χ3n) is 5.67. The number of hydrogen-bond acceptors (Lipinski definition) is 5. The zero-order chi connectivity index (χ0) is 38.0. The number of hydrogen-bond donors (Lipinski definition) is 1. The summed E-state index contributed by atoms with van der Waals surface area (Å²) in [6.45, 7) is 2.04. The number of carbonyl (C=O) groups is 1. The lowest BCUT2D eigenvalue weighted by atomic mass is 10.0. The quantitative estimate of drug-likeness (QED) is 0.0875. The molecule has 5 nitrogen and oxygen atoms in total. The van der Waals surface area contributed by atoms with Gasteiger partial charge in [0.15, 0.2) is 23.3 Å². The summed E-state index contributed by atoms with van der Waals surface area (Å²) < 4.78 is 150. The molecule has 0 aliphatic carbocycles. The fraction of sp³-hybridized carbons (Fsp3) is 0.194. The summed E-state index contributed by atoms with van der Waals surface area (Å²) in [5, 5.41) is 8.47. The van der Waals surface area contributed by atoms with Crippen molar-refractivity contribution in [1.29, 1.82) is 0 Å². The van der Waals surface area contributed by atoms with E-state index in [0.29, 0.717) is 35.4 Å². The van der Waals surface area contributed by atoms with E-state index in [1.54, 1.807) is 12.1 Å². The molecule has 0 saturated carbocycles. The van der Waals surface area contributed by atoms with Crippen molar-refractivity contribution in [3.05, 3.63) is 106 Å². The van der Waals surface area contributed by atoms with Crippen molar-refractivity contribution in [3.63, 3.8) is 0 Å². The van der Waals surface area contributed by atoms with Crippen molar-refractivity contribution in [1.82, 2.24) is 0 Å². The Hall–Kier alpha value is -4.15. The van der Waals surface area contributed by atoms with Crippen LogP contribution in [0.1, 0.15) is 29.3 Å². The predicted octanol–water partition coefficient (Wildman–Crippen LogP) is 11.5. The number of carbonyl (C=O) groups excluding carboxylic acids is 1. The lowest BCUT2D eigenvalue weighted by Crippen LogP contribution is -2.19. The maximum Gasteiger partial charge on any atom is 0.573 e. The summed E-state index contributed by atoms with van der Waals surface area (Å²) in [5.74, 6) is -14.2. The van der Waals surface area contributed by atoms with Crippen LogP contribution in [0.5, 0.6) is 23.0 Å². The topological polar surface area (TPSA) is 65.0 Å². The summed E-state index contributed by atoms with van der Waals surface area (Å²) in [7, 11) is 0. The molecule has 0 amide bonds. The first-order valence-electron chi connectivity index (χ1n) is 13.3. The molecule has 0 aliphatic heterocycles. The number of phenolic OH excluding ortho intramolecular Hbond substituents is 1. The number of esters is 1. The molecule has 4 rings (SSSR count). The van der Waals surface area contributed by atoms with Crippen molar-refractivity contribution >= 4 is 40.8 Å². The smallest absolute Gasteiger partial charge is 0.508 e. The highest BCUT2D eigenvalue weighted by atomic mass is 35.5. The number of halogens is 14. The summed E-state index contributed by atoms with van der Waals surface area (Å²) >= 11 is 15.6. The molecule has 4 aromatic carbocycles. The third kappa shape index (κ3) is 12.9. The number of aryl methyl sites for hydroxylation is 1. The molecule has 0 aliphatic rings. The second kappa shape index (κ2) is 18.2. The van der Waals surface area contributed by atoms with E-state index in [1.165, 1.54) is 6.07 Å². The maximum absolute atomic E-state index is 14.7. The van der Waals surface area contributed by atoms with Crippen LogP contribution in [0.15, 0.2) is 60.7 Å². The number of alkyl halides is 8. The van der Waals surface area contributed by atoms with Crippen LogP contribution in [0.3, 0.4) is 0 Å². The molecular weight excluding hydrogens is 768 g/mol. The molecule has 50 heavy (non-hydrogen) atoms. The first kappa shape index (κ1) is 42.0. The van der Waals surface area contributed by atoms with E-state index in [1.807, 2.05) is 19.1 Å². The standard InChI is InChI=1S/C23H15ClF6O3.C7H3F5O2.CH2Cl2/c1-2-3-12-4-6-13(7-5-12)14-8-16(24)20(17(25)9-14)22(31)32-15-10-18(26)21(19(27)11-15)33-23(28,29)30;8-4-1-3(13)2-5(9)6(4)14-7(10,11)12;2-1-3/h4-11H,2-3H2,1H3;1-2,13H;1H2. The van der Waals surface area contributed by atoms with Crippen LogP contribution < -0.4 is 14.2 Å². The van der Waals surface area contributed by atoms with Gasteiger partial charge in [-0.2, -0.15) is 0 Å². The Balaban J connectivity index is 0.000000423. The Kier molecular flexibility index (Phi) is 15.3. The molecule has 0 saturated heterocycles. The second-order valence-electron chi connectivity index (χ2n) is 9.30. The van der Waals surface area contributed by atoms with E-state index in [9.17, 15) is 53.1 Å². The predicted molar refractivity (Wildman–Crippen MR) is 160 cm³/mol. The van der Waals surface area contributed by atoms with Gasteiger partial charge in [-0.05, 0) is 35.2 Å². The molecule has 0 fully saturated rings. The van der Waals surface area contributed by atoms with E-state index < -0.39 is 76.3 Å². The van der Waals surface area contributed by atoms with Crippen LogP contribution in [-0.4, -0.2) is 29.1 Å². The summed E-state index contributed by atoms with van der Waals surface area (Å²) in [6.07, 6.45) is -8.68. The lowest BCUT2D eigenvalue weighted by Gasteiger charge is -2.13. The average molecular weight is 788 g/mol. The molecule has 272 valence electrons.